The van der Waals surface area contributed by atoms with E-state index in [1.807, 2.05) is 0 Å². The average Bonchev–Trinajstić information content (AvgIpc) is 1.63. The molecule has 0 atom stereocenters. The third-order valence-electron chi connectivity index (χ3n) is 0.587. The van der Waals surface area contributed by atoms with Crippen LogP contribution in [0.3, 0.4) is 0 Å². The number of carbonyl (C=O) groups excluding carboxylic acids is 2. The summed E-state index contributed by atoms with van der Waals surface area (Å²) >= 11 is 0. The second-order valence-corrected chi connectivity index (χ2v) is 1.47. The molecule has 0 heterocycles. The molecule has 0 saturated carbocycles. The van der Waals surface area contributed by atoms with Gasteiger partial charge in [-0.15, -0.1) is 0 Å². The SMILES string of the molecule is CCNC(=O)[N-]C(C)=O.[Rb+]. The summed E-state index contributed by atoms with van der Waals surface area (Å²) in [6.45, 7) is 3.48. The number of carbonyl (C=O) groups is 2. The van der Waals surface area contributed by atoms with Gasteiger partial charge in [-0.1, -0.05) is 13.5 Å². The molecule has 0 aromatic heterocycles. The van der Waals surface area contributed by atoms with Gasteiger partial charge in [-0.25, -0.2) is 0 Å². The number of urea groups is 1. The Bertz CT molecular complexity index is 127. The van der Waals surface area contributed by atoms with Gasteiger partial charge in [0.05, 0.1) is 0 Å². The van der Waals surface area contributed by atoms with Crippen LogP contribution in [0.25, 0.3) is 5.32 Å². The van der Waals surface area contributed by atoms with Crippen molar-refractivity contribution in [1.29, 1.82) is 0 Å². The summed E-state index contributed by atoms with van der Waals surface area (Å²) in [5, 5.41) is 5.43. The third-order valence-corrected chi connectivity index (χ3v) is 0.587. The first-order valence-electron chi connectivity index (χ1n) is 2.67. The van der Waals surface area contributed by atoms with E-state index in [1.165, 1.54) is 6.92 Å². The first-order chi connectivity index (χ1) is 4.16. The molecule has 4 nitrogen and oxygen atoms in total. The van der Waals surface area contributed by atoms with Gasteiger partial charge >= 0.3 is 58.2 Å². The fraction of sp³-hybridized carbons (Fsp3) is 0.600. The molecule has 5 heteroatoms. The molecule has 0 rings (SSSR count). The van der Waals surface area contributed by atoms with Gasteiger partial charge < -0.3 is 10.6 Å². The van der Waals surface area contributed by atoms with Crippen LogP contribution in [0.1, 0.15) is 13.8 Å². The van der Waals surface area contributed by atoms with E-state index < -0.39 is 11.9 Å². The Morgan fingerprint density at radius 2 is 2.00 bits per heavy atom. The van der Waals surface area contributed by atoms with Crippen LogP contribution in [-0.4, -0.2) is 18.5 Å². The van der Waals surface area contributed by atoms with Crippen molar-refractivity contribution >= 4 is 11.9 Å². The minimum atomic E-state index is -0.565. The molecule has 0 spiro atoms. The normalized spacial score (nSPS) is 7.40. The molecule has 0 bridgehead atoms. The van der Waals surface area contributed by atoms with Crippen molar-refractivity contribution in [1.82, 2.24) is 5.32 Å². The summed E-state index contributed by atoms with van der Waals surface area (Å²) in [4.78, 5) is 20.5. The number of amides is 3. The van der Waals surface area contributed by atoms with Crippen LogP contribution in [0.5, 0.6) is 0 Å². The molecule has 0 aliphatic carbocycles. The predicted octanol–water partition coefficient (Wildman–Crippen LogP) is -2.36. The van der Waals surface area contributed by atoms with Gasteiger partial charge in [0.1, 0.15) is 5.91 Å². The molecule has 0 radical (unpaired) electrons. The van der Waals surface area contributed by atoms with Crippen LogP contribution in [-0.2, 0) is 4.79 Å². The third kappa shape index (κ3) is 8.75. The van der Waals surface area contributed by atoms with E-state index in [4.69, 9.17) is 0 Å². The van der Waals surface area contributed by atoms with Crippen LogP contribution in [0.2, 0.25) is 0 Å². The maximum atomic E-state index is 10.4. The molecule has 0 aromatic carbocycles. The Morgan fingerprint density at radius 1 is 1.50 bits per heavy atom. The van der Waals surface area contributed by atoms with Crippen molar-refractivity contribution < 1.29 is 67.8 Å². The fourth-order valence-corrected chi connectivity index (χ4v) is 0.334. The second-order valence-electron chi connectivity index (χ2n) is 1.47. The summed E-state index contributed by atoms with van der Waals surface area (Å²) in [5.74, 6) is -0.471. The van der Waals surface area contributed by atoms with Crippen LogP contribution < -0.4 is 63.5 Å². The molecular weight excluding hydrogens is 206 g/mol. The summed E-state index contributed by atoms with van der Waals surface area (Å²) in [6, 6.07) is -0.565. The van der Waals surface area contributed by atoms with Crippen molar-refractivity contribution in [3.63, 3.8) is 0 Å². The minimum Gasteiger partial charge on any atom is -0.449 e. The molecule has 3 amide bonds. The molecule has 0 aliphatic rings. The van der Waals surface area contributed by atoms with Gasteiger partial charge in [-0.2, -0.15) is 0 Å². The van der Waals surface area contributed by atoms with Gasteiger partial charge in [-0.05, 0) is 6.92 Å². The minimum absolute atomic E-state index is 0. The number of hydrogen-bond donors (Lipinski definition) is 1. The quantitative estimate of drug-likeness (QED) is 0.531. The number of rotatable bonds is 1. The zero-order chi connectivity index (χ0) is 7.28. The predicted molar refractivity (Wildman–Crippen MR) is 33.1 cm³/mol. The van der Waals surface area contributed by atoms with Crippen molar-refractivity contribution in [2.24, 2.45) is 0 Å². The molecular formula is C5H9N2O2Rb. The van der Waals surface area contributed by atoms with E-state index in [9.17, 15) is 9.59 Å². The van der Waals surface area contributed by atoms with Crippen molar-refractivity contribution in [3.05, 3.63) is 5.32 Å². The smallest absolute Gasteiger partial charge is 0.449 e. The topological polar surface area (TPSA) is 60.3 Å². The Kier molecular flexibility index (Phi) is 10.5. The van der Waals surface area contributed by atoms with Crippen molar-refractivity contribution in [2.75, 3.05) is 6.54 Å². The molecule has 0 fully saturated rings. The molecule has 0 saturated heterocycles. The standard InChI is InChI=1S/C5H10N2O2.Rb/c1-3-6-5(9)7-4(2)8;/h3H2,1-2H3,(H2,6,7,8,9);/q;+1/p-1. The van der Waals surface area contributed by atoms with E-state index in [0.29, 0.717) is 6.54 Å². The maximum Gasteiger partial charge on any atom is 1.00 e. The van der Waals surface area contributed by atoms with E-state index in [2.05, 4.69) is 10.6 Å². The Labute approximate surface area is 109 Å². The summed E-state index contributed by atoms with van der Waals surface area (Å²) < 4.78 is 0. The number of nitrogens with one attached hydrogen (secondary N) is 1. The summed E-state index contributed by atoms with van der Waals surface area (Å²) in [5.41, 5.74) is 0. The Balaban J connectivity index is 0. The van der Waals surface area contributed by atoms with Gasteiger partial charge in [-0.3, -0.25) is 9.59 Å². The van der Waals surface area contributed by atoms with Gasteiger partial charge in [0.2, 0.25) is 0 Å². The monoisotopic (exact) mass is 214 g/mol. The van der Waals surface area contributed by atoms with E-state index in [0.717, 1.165) is 0 Å². The summed E-state index contributed by atoms with van der Waals surface area (Å²) in [6.07, 6.45) is 0. The van der Waals surface area contributed by atoms with Crippen LogP contribution >= 0.6 is 0 Å². The number of imide groups is 1. The molecule has 0 unspecified atom stereocenters. The van der Waals surface area contributed by atoms with Crippen LogP contribution in [0.4, 0.5) is 4.79 Å². The van der Waals surface area contributed by atoms with Gasteiger partial charge in [0, 0.05) is 0 Å². The second kappa shape index (κ2) is 7.85. The first-order valence-corrected chi connectivity index (χ1v) is 2.67. The molecule has 1 N–H and O–H groups in total. The largest absolute Gasteiger partial charge is 1.00 e. The maximum absolute atomic E-state index is 10.4. The molecule has 10 heavy (non-hydrogen) atoms. The van der Waals surface area contributed by atoms with E-state index in [1.54, 1.807) is 6.92 Å². The van der Waals surface area contributed by atoms with Crippen LogP contribution in [0.15, 0.2) is 0 Å². The zero-order valence-electron chi connectivity index (χ0n) is 6.47. The fourth-order valence-electron chi connectivity index (χ4n) is 0.334. The van der Waals surface area contributed by atoms with Crippen LogP contribution in [0, 0.1) is 0 Å². The van der Waals surface area contributed by atoms with E-state index in [-0.39, 0.29) is 58.2 Å². The van der Waals surface area contributed by atoms with Gasteiger partial charge in [0.15, 0.2) is 6.03 Å². The van der Waals surface area contributed by atoms with Crippen molar-refractivity contribution in [2.45, 2.75) is 13.8 Å². The van der Waals surface area contributed by atoms with Gasteiger partial charge in [0.25, 0.3) is 0 Å². The van der Waals surface area contributed by atoms with Crippen molar-refractivity contribution in [3.8, 4) is 0 Å². The van der Waals surface area contributed by atoms with E-state index >= 15 is 0 Å². The first kappa shape index (κ1) is 13.3. The summed E-state index contributed by atoms with van der Waals surface area (Å²) in [7, 11) is 0. The Morgan fingerprint density at radius 3 is 2.30 bits per heavy atom. The number of hydrogen-bond acceptors (Lipinski definition) is 2. The molecule has 0 aliphatic heterocycles. The molecule has 52 valence electrons. The Hall–Kier alpha value is 0.745. The average molecular weight is 215 g/mol. The zero-order valence-corrected chi connectivity index (χ0v) is 11.4. The molecule has 0 aromatic rings. The number of nitrogens with zero attached hydrogens (tertiary/aromatic N) is 1.